The highest BCUT2D eigenvalue weighted by atomic mass is 16.5. The number of aliphatic carboxylic acids is 2. The molecule has 0 aliphatic rings. The molecule has 0 heterocycles. The van der Waals surface area contributed by atoms with Gasteiger partial charge in [-0.1, -0.05) is 37.3 Å². The van der Waals surface area contributed by atoms with Gasteiger partial charge < -0.3 is 14.9 Å². The Morgan fingerprint density at radius 1 is 1.09 bits per heavy atom. The third-order valence-electron chi connectivity index (χ3n) is 3.37. The van der Waals surface area contributed by atoms with Crippen molar-refractivity contribution in [3.05, 3.63) is 47.0 Å². The van der Waals surface area contributed by atoms with E-state index >= 15 is 0 Å². The highest BCUT2D eigenvalue weighted by Gasteiger charge is 2.20. The third-order valence-corrected chi connectivity index (χ3v) is 3.37. The molecular formula is C17H20O6. The monoisotopic (exact) mass is 320 g/mol. The van der Waals surface area contributed by atoms with Crippen LogP contribution in [0.1, 0.15) is 44.8 Å². The SMILES string of the molecule is CCC(CC(=O)OC(C)c1ccccc1)=C(CC(=O)O)C(=O)O. The van der Waals surface area contributed by atoms with Crippen molar-refractivity contribution in [3.63, 3.8) is 0 Å². The van der Waals surface area contributed by atoms with Crippen molar-refractivity contribution in [3.8, 4) is 0 Å². The maximum Gasteiger partial charge on any atom is 0.332 e. The molecule has 1 aromatic rings. The van der Waals surface area contributed by atoms with Gasteiger partial charge in [-0.05, 0) is 24.5 Å². The Morgan fingerprint density at radius 3 is 2.17 bits per heavy atom. The first-order valence-electron chi connectivity index (χ1n) is 7.25. The molecule has 0 aliphatic carbocycles. The molecule has 6 nitrogen and oxygen atoms in total. The molecular weight excluding hydrogens is 300 g/mol. The number of carboxylic acid groups (broad SMARTS) is 2. The normalized spacial score (nSPS) is 13.0. The van der Waals surface area contributed by atoms with Crippen LogP contribution in [-0.4, -0.2) is 28.1 Å². The smallest absolute Gasteiger partial charge is 0.332 e. The second kappa shape index (κ2) is 8.73. The summed E-state index contributed by atoms with van der Waals surface area (Å²) in [5, 5.41) is 17.9. The van der Waals surface area contributed by atoms with Gasteiger partial charge in [0.05, 0.1) is 12.8 Å². The lowest BCUT2D eigenvalue weighted by Gasteiger charge is -2.15. The van der Waals surface area contributed by atoms with Crippen LogP contribution in [0.3, 0.4) is 0 Å². The van der Waals surface area contributed by atoms with Gasteiger partial charge in [-0.25, -0.2) is 4.79 Å². The zero-order chi connectivity index (χ0) is 17.4. The zero-order valence-electron chi connectivity index (χ0n) is 13.1. The molecule has 0 amide bonds. The van der Waals surface area contributed by atoms with Crippen molar-refractivity contribution < 1.29 is 29.3 Å². The van der Waals surface area contributed by atoms with Crippen molar-refractivity contribution in [1.29, 1.82) is 0 Å². The van der Waals surface area contributed by atoms with Gasteiger partial charge >= 0.3 is 17.9 Å². The molecule has 0 radical (unpaired) electrons. The summed E-state index contributed by atoms with van der Waals surface area (Å²) in [6.45, 7) is 3.39. The molecule has 1 unspecified atom stereocenters. The van der Waals surface area contributed by atoms with Crippen LogP contribution in [0.25, 0.3) is 0 Å². The number of rotatable bonds is 8. The summed E-state index contributed by atoms with van der Waals surface area (Å²) >= 11 is 0. The minimum Gasteiger partial charge on any atom is -0.481 e. The number of carbonyl (C=O) groups is 3. The number of ether oxygens (including phenoxy) is 1. The van der Waals surface area contributed by atoms with Gasteiger partial charge in [0.25, 0.3) is 0 Å². The Hall–Kier alpha value is -2.63. The van der Waals surface area contributed by atoms with Crippen molar-refractivity contribution in [2.75, 3.05) is 0 Å². The van der Waals surface area contributed by atoms with Crippen molar-refractivity contribution in [2.45, 2.75) is 39.2 Å². The summed E-state index contributed by atoms with van der Waals surface area (Å²) in [4.78, 5) is 34.0. The number of carbonyl (C=O) groups excluding carboxylic acids is 1. The number of benzene rings is 1. The van der Waals surface area contributed by atoms with E-state index < -0.39 is 30.4 Å². The molecule has 2 N–H and O–H groups in total. The molecule has 0 saturated heterocycles. The van der Waals surface area contributed by atoms with Crippen LogP contribution in [0.5, 0.6) is 0 Å². The summed E-state index contributed by atoms with van der Waals surface area (Å²) in [5.41, 5.74) is 0.835. The lowest BCUT2D eigenvalue weighted by molar-refractivity contribution is -0.148. The van der Waals surface area contributed by atoms with Gasteiger partial charge in [-0.3, -0.25) is 9.59 Å². The van der Waals surface area contributed by atoms with E-state index in [9.17, 15) is 14.4 Å². The van der Waals surface area contributed by atoms with E-state index in [1.165, 1.54) is 0 Å². The zero-order valence-corrected chi connectivity index (χ0v) is 13.1. The van der Waals surface area contributed by atoms with Gasteiger partial charge in [-0.2, -0.15) is 0 Å². The molecule has 1 atom stereocenters. The molecule has 0 bridgehead atoms. The van der Waals surface area contributed by atoms with E-state index in [0.29, 0.717) is 0 Å². The van der Waals surface area contributed by atoms with E-state index in [2.05, 4.69) is 0 Å². The maximum absolute atomic E-state index is 12.0. The summed E-state index contributed by atoms with van der Waals surface area (Å²) in [7, 11) is 0. The Labute approximate surface area is 134 Å². The first-order chi connectivity index (χ1) is 10.8. The van der Waals surface area contributed by atoms with Gasteiger partial charge in [0, 0.05) is 5.57 Å². The van der Waals surface area contributed by atoms with Gasteiger partial charge in [0.15, 0.2) is 0 Å². The highest BCUT2D eigenvalue weighted by Crippen LogP contribution is 2.21. The minimum atomic E-state index is -1.33. The Balaban J connectivity index is 2.83. The molecule has 6 heteroatoms. The van der Waals surface area contributed by atoms with E-state index in [0.717, 1.165) is 5.56 Å². The van der Waals surface area contributed by atoms with Crippen LogP contribution in [-0.2, 0) is 19.1 Å². The maximum atomic E-state index is 12.0. The fourth-order valence-electron chi connectivity index (χ4n) is 2.15. The lowest BCUT2D eigenvalue weighted by Crippen LogP contribution is -2.14. The molecule has 0 saturated carbocycles. The Morgan fingerprint density at radius 2 is 1.70 bits per heavy atom. The third kappa shape index (κ3) is 5.94. The van der Waals surface area contributed by atoms with Crippen LogP contribution in [0.15, 0.2) is 41.5 Å². The first-order valence-corrected chi connectivity index (χ1v) is 7.25. The number of hydrogen-bond acceptors (Lipinski definition) is 4. The Kier molecular flexibility index (Phi) is 6.99. The first kappa shape index (κ1) is 18.4. The number of hydrogen-bond donors (Lipinski definition) is 2. The topological polar surface area (TPSA) is 101 Å². The number of esters is 1. The predicted octanol–water partition coefficient (Wildman–Crippen LogP) is 2.95. The lowest BCUT2D eigenvalue weighted by atomic mass is 10.00. The molecule has 0 fully saturated rings. The predicted molar refractivity (Wildman–Crippen MR) is 82.8 cm³/mol. The molecule has 0 spiro atoms. The fraction of sp³-hybridized carbons (Fsp3) is 0.353. The second-order valence-electron chi connectivity index (χ2n) is 5.03. The summed E-state index contributed by atoms with van der Waals surface area (Å²) in [6, 6.07) is 9.14. The largest absolute Gasteiger partial charge is 0.481 e. The molecule has 1 aromatic carbocycles. The van der Waals surface area contributed by atoms with Crippen LogP contribution in [0.2, 0.25) is 0 Å². The molecule has 124 valence electrons. The van der Waals surface area contributed by atoms with E-state index in [4.69, 9.17) is 14.9 Å². The van der Waals surface area contributed by atoms with Crippen LogP contribution in [0, 0.1) is 0 Å². The summed E-state index contributed by atoms with van der Waals surface area (Å²) in [5.74, 6) is -3.16. The molecule has 1 rings (SSSR count). The van der Waals surface area contributed by atoms with Crippen LogP contribution < -0.4 is 0 Å². The summed E-state index contributed by atoms with van der Waals surface area (Å²) < 4.78 is 5.29. The van der Waals surface area contributed by atoms with Gasteiger partial charge in [0.2, 0.25) is 0 Å². The van der Waals surface area contributed by atoms with E-state index in [1.807, 2.05) is 30.3 Å². The molecule has 0 aliphatic heterocycles. The Bertz CT molecular complexity index is 603. The van der Waals surface area contributed by atoms with Crippen LogP contribution in [0.4, 0.5) is 0 Å². The van der Waals surface area contributed by atoms with Gasteiger partial charge in [-0.15, -0.1) is 0 Å². The van der Waals surface area contributed by atoms with E-state index in [-0.39, 0.29) is 24.0 Å². The number of carboxylic acids is 2. The van der Waals surface area contributed by atoms with Crippen molar-refractivity contribution in [1.82, 2.24) is 0 Å². The van der Waals surface area contributed by atoms with Gasteiger partial charge in [0.1, 0.15) is 6.10 Å². The molecule has 23 heavy (non-hydrogen) atoms. The minimum absolute atomic E-state index is 0.234. The second-order valence-corrected chi connectivity index (χ2v) is 5.03. The van der Waals surface area contributed by atoms with E-state index in [1.54, 1.807) is 13.8 Å². The highest BCUT2D eigenvalue weighted by molar-refractivity contribution is 5.93. The average Bonchev–Trinajstić information content (AvgIpc) is 2.51. The van der Waals surface area contributed by atoms with Crippen molar-refractivity contribution >= 4 is 17.9 Å². The standard InChI is InChI=1S/C17H20O6/c1-3-12(14(17(21)22)10-15(18)19)9-16(20)23-11(2)13-7-5-4-6-8-13/h4-8,11H,3,9-10H2,1-2H3,(H,18,19)(H,21,22). The summed E-state index contributed by atoms with van der Waals surface area (Å²) in [6.07, 6.45) is -1.05. The quantitative estimate of drug-likeness (QED) is 0.564. The molecule has 0 aromatic heterocycles. The van der Waals surface area contributed by atoms with Crippen LogP contribution >= 0.6 is 0 Å². The average molecular weight is 320 g/mol. The van der Waals surface area contributed by atoms with Crippen molar-refractivity contribution in [2.24, 2.45) is 0 Å². The fourth-order valence-corrected chi connectivity index (χ4v) is 2.15.